The van der Waals surface area contributed by atoms with Crippen molar-refractivity contribution < 1.29 is 0 Å². The normalized spacial score (nSPS) is 4.86. The molecule has 0 heteroatoms. The molecule has 0 aromatic heterocycles. The quantitative estimate of drug-likeness (QED) is 0.390. The third-order valence-corrected chi connectivity index (χ3v) is 0.427. The van der Waals surface area contributed by atoms with E-state index in [1.807, 2.05) is 0 Å². The molecule has 0 fully saturated rings. The third-order valence-electron chi connectivity index (χ3n) is 0.427. The zero-order valence-electron chi connectivity index (χ0n) is 4.12. The molecule has 0 saturated carbocycles. The van der Waals surface area contributed by atoms with Crippen molar-refractivity contribution in [3.05, 3.63) is 13.8 Å². The first-order chi connectivity index (χ1) is 3.41. The van der Waals surface area contributed by atoms with Crippen LogP contribution in [0.2, 0.25) is 0 Å². The largest absolute Gasteiger partial charge is 0.101 e. The SMILES string of the molecule is [CH2]C#CCC#C[CH2]. The van der Waals surface area contributed by atoms with Crippen LogP contribution in [0.1, 0.15) is 6.42 Å². The molecular formula is C7H6. The van der Waals surface area contributed by atoms with E-state index in [-0.39, 0.29) is 0 Å². The maximum atomic E-state index is 3.31. The van der Waals surface area contributed by atoms with Crippen LogP contribution in [0.4, 0.5) is 0 Å². The lowest BCUT2D eigenvalue weighted by atomic mass is 10.4. The van der Waals surface area contributed by atoms with E-state index in [1.54, 1.807) is 0 Å². The van der Waals surface area contributed by atoms with E-state index in [2.05, 4.69) is 37.5 Å². The summed E-state index contributed by atoms with van der Waals surface area (Å²) in [5.41, 5.74) is 0. The third kappa shape index (κ3) is 5.12. The Balaban J connectivity index is 3.21. The maximum absolute atomic E-state index is 3.31. The van der Waals surface area contributed by atoms with Crippen molar-refractivity contribution >= 4 is 0 Å². The van der Waals surface area contributed by atoms with Gasteiger partial charge in [0.05, 0.1) is 6.42 Å². The second kappa shape index (κ2) is 5.12. The summed E-state index contributed by atoms with van der Waals surface area (Å²) in [5, 5.41) is 0. The molecule has 0 bridgehead atoms. The lowest BCUT2D eigenvalue weighted by Gasteiger charge is -1.63. The van der Waals surface area contributed by atoms with Crippen molar-refractivity contribution in [1.29, 1.82) is 0 Å². The average Bonchev–Trinajstić information content (AvgIpc) is 1.69. The molecule has 2 radical (unpaired) electrons. The van der Waals surface area contributed by atoms with Crippen LogP contribution in [0.25, 0.3) is 0 Å². The predicted octanol–water partition coefficient (Wildman–Crippen LogP) is 1.05. The van der Waals surface area contributed by atoms with Gasteiger partial charge < -0.3 is 0 Å². The smallest absolute Gasteiger partial charge is 0.0702 e. The molecule has 0 heterocycles. The summed E-state index contributed by atoms with van der Waals surface area (Å²) in [5.74, 6) is 10.3. The molecule has 0 nitrogen and oxygen atoms in total. The number of rotatable bonds is 0. The molecule has 0 spiro atoms. The fourth-order valence-electron chi connectivity index (χ4n) is 0.169. The first-order valence-corrected chi connectivity index (χ1v) is 1.91. The van der Waals surface area contributed by atoms with Crippen LogP contribution in [0, 0.1) is 37.5 Å². The van der Waals surface area contributed by atoms with E-state index in [4.69, 9.17) is 0 Å². The van der Waals surface area contributed by atoms with E-state index in [9.17, 15) is 0 Å². The topological polar surface area (TPSA) is 0 Å². The maximum Gasteiger partial charge on any atom is 0.0702 e. The van der Waals surface area contributed by atoms with E-state index in [1.165, 1.54) is 0 Å². The summed E-state index contributed by atoms with van der Waals surface area (Å²) in [6.07, 6.45) is 0.590. The van der Waals surface area contributed by atoms with Crippen LogP contribution in [-0.2, 0) is 0 Å². The lowest BCUT2D eigenvalue weighted by Crippen LogP contribution is -1.54. The van der Waals surface area contributed by atoms with Gasteiger partial charge in [0.2, 0.25) is 0 Å². The summed E-state index contributed by atoms with van der Waals surface area (Å²) in [6.45, 7) is 6.62. The van der Waals surface area contributed by atoms with Crippen molar-refractivity contribution in [3.63, 3.8) is 0 Å². The van der Waals surface area contributed by atoms with Crippen LogP contribution in [0.5, 0.6) is 0 Å². The lowest BCUT2D eigenvalue weighted by molar-refractivity contribution is 1.56. The fourth-order valence-corrected chi connectivity index (χ4v) is 0.169. The summed E-state index contributed by atoms with van der Waals surface area (Å²) in [7, 11) is 0. The predicted molar refractivity (Wildman–Crippen MR) is 30.9 cm³/mol. The molecule has 0 aromatic carbocycles. The highest BCUT2D eigenvalue weighted by molar-refractivity contribution is 5.13. The Morgan fingerprint density at radius 1 is 1.00 bits per heavy atom. The van der Waals surface area contributed by atoms with E-state index < -0.39 is 0 Å². The Hall–Kier alpha value is -0.880. The zero-order valence-corrected chi connectivity index (χ0v) is 4.12. The Labute approximate surface area is 44.9 Å². The second-order valence-electron chi connectivity index (χ2n) is 0.884. The molecule has 0 rings (SSSR count). The van der Waals surface area contributed by atoms with Crippen LogP contribution in [0.3, 0.4) is 0 Å². The van der Waals surface area contributed by atoms with E-state index >= 15 is 0 Å². The molecule has 0 aliphatic carbocycles. The first-order valence-electron chi connectivity index (χ1n) is 1.91. The van der Waals surface area contributed by atoms with Gasteiger partial charge in [-0.3, -0.25) is 0 Å². The minimum atomic E-state index is 0.590. The summed E-state index contributed by atoms with van der Waals surface area (Å²) >= 11 is 0. The fraction of sp³-hybridized carbons (Fsp3) is 0.143. The molecule has 0 aliphatic heterocycles. The van der Waals surface area contributed by atoms with Crippen molar-refractivity contribution in [2.75, 3.05) is 0 Å². The van der Waals surface area contributed by atoms with Gasteiger partial charge in [0.1, 0.15) is 0 Å². The summed E-state index contributed by atoms with van der Waals surface area (Å²) in [4.78, 5) is 0. The first kappa shape index (κ1) is 6.12. The van der Waals surface area contributed by atoms with Crippen LogP contribution < -0.4 is 0 Å². The highest BCUT2D eigenvalue weighted by atomic mass is 13.6. The molecule has 0 unspecified atom stereocenters. The van der Waals surface area contributed by atoms with Gasteiger partial charge in [0.25, 0.3) is 0 Å². The molecular weight excluding hydrogens is 84.1 g/mol. The van der Waals surface area contributed by atoms with Crippen LogP contribution >= 0.6 is 0 Å². The Morgan fingerprint density at radius 3 is 1.71 bits per heavy atom. The van der Waals surface area contributed by atoms with E-state index in [0.717, 1.165) is 0 Å². The molecule has 0 atom stereocenters. The van der Waals surface area contributed by atoms with Crippen molar-refractivity contribution in [3.8, 4) is 23.7 Å². The van der Waals surface area contributed by atoms with Gasteiger partial charge >= 0.3 is 0 Å². The average molecular weight is 90.1 g/mol. The Bertz CT molecular complexity index is 115. The molecule has 0 N–H and O–H groups in total. The van der Waals surface area contributed by atoms with Gasteiger partial charge in [0, 0.05) is 13.8 Å². The summed E-state index contributed by atoms with van der Waals surface area (Å²) in [6, 6.07) is 0. The van der Waals surface area contributed by atoms with Crippen LogP contribution in [-0.4, -0.2) is 0 Å². The van der Waals surface area contributed by atoms with Gasteiger partial charge in [-0.25, -0.2) is 0 Å². The molecule has 34 valence electrons. The standard InChI is InChI=1S/C7H6/c1-3-5-7-6-4-2/h1-2,7H2. The minimum Gasteiger partial charge on any atom is -0.101 e. The van der Waals surface area contributed by atoms with Gasteiger partial charge in [-0.05, 0) is 0 Å². The van der Waals surface area contributed by atoms with Crippen molar-refractivity contribution in [1.82, 2.24) is 0 Å². The zero-order chi connectivity index (χ0) is 5.54. The van der Waals surface area contributed by atoms with Crippen molar-refractivity contribution in [2.45, 2.75) is 6.42 Å². The number of hydrogen-bond acceptors (Lipinski definition) is 0. The van der Waals surface area contributed by atoms with Gasteiger partial charge in [-0.2, -0.15) is 0 Å². The van der Waals surface area contributed by atoms with Gasteiger partial charge in [-0.15, -0.1) is 11.8 Å². The number of hydrogen-bond donors (Lipinski definition) is 0. The van der Waals surface area contributed by atoms with E-state index in [0.29, 0.717) is 6.42 Å². The molecule has 0 aliphatic rings. The molecule has 0 aromatic rings. The minimum absolute atomic E-state index is 0.590. The Kier molecular flexibility index (Phi) is 4.48. The highest BCUT2D eigenvalue weighted by Gasteiger charge is 1.57. The van der Waals surface area contributed by atoms with Gasteiger partial charge in [-0.1, -0.05) is 11.8 Å². The second-order valence-corrected chi connectivity index (χ2v) is 0.884. The molecule has 0 amide bonds. The van der Waals surface area contributed by atoms with Crippen molar-refractivity contribution in [2.24, 2.45) is 0 Å². The molecule has 7 heavy (non-hydrogen) atoms. The molecule has 0 saturated heterocycles. The monoisotopic (exact) mass is 90.0 g/mol. The summed E-state index contributed by atoms with van der Waals surface area (Å²) < 4.78 is 0. The Morgan fingerprint density at radius 2 is 1.43 bits per heavy atom. The van der Waals surface area contributed by atoms with Crippen LogP contribution in [0.15, 0.2) is 0 Å². The highest BCUT2D eigenvalue weighted by Crippen LogP contribution is 1.66. The van der Waals surface area contributed by atoms with Gasteiger partial charge in [0.15, 0.2) is 0 Å².